The standard InChI is InChI=1S/C14H21N5S/c1-15-14-16-12(11-6-8-20-13(11)17-14)19-7-4-5-10(9-19)18(2)3/h6,8,10H,4-5,7,9H2,1-3H3,(H,15,16,17). The van der Waals surface area contributed by atoms with Crippen molar-refractivity contribution >= 4 is 33.3 Å². The molecule has 2 aromatic heterocycles. The number of anilines is 2. The maximum absolute atomic E-state index is 4.70. The summed E-state index contributed by atoms with van der Waals surface area (Å²) in [5.41, 5.74) is 0. The second-order valence-electron chi connectivity index (χ2n) is 5.47. The fourth-order valence-corrected chi connectivity index (χ4v) is 3.52. The van der Waals surface area contributed by atoms with Crippen molar-refractivity contribution in [2.45, 2.75) is 18.9 Å². The lowest BCUT2D eigenvalue weighted by molar-refractivity contribution is 0.257. The van der Waals surface area contributed by atoms with Crippen LogP contribution in [0.4, 0.5) is 11.8 Å². The topological polar surface area (TPSA) is 44.3 Å². The Hall–Kier alpha value is -1.40. The highest BCUT2D eigenvalue weighted by Gasteiger charge is 2.24. The lowest BCUT2D eigenvalue weighted by Gasteiger charge is -2.37. The van der Waals surface area contributed by atoms with Gasteiger partial charge in [0.05, 0.1) is 5.39 Å². The third kappa shape index (κ3) is 2.45. The lowest BCUT2D eigenvalue weighted by Crippen LogP contribution is -2.45. The molecule has 6 heteroatoms. The van der Waals surface area contributed by atoms with Gasteiger partial charge in [-0.2, -0.15) is 4.98 Å². The second kappa shape index (κ2) is 5.54. The molecule has 3 rings (SSSR count). The largest absolute Gasteiger partial charge is 0.357 e. The van der Waals surface area contributed by atoms with Crippen molar-refractivity contribution < 1.29 is 0 Å². The molecule has 108 valence electrons. The Kier molecular flexibility index (Phi) is 3.76. The van der Waals surface area contributed by atoms with E-state index in [2.05, 4.69) is 45.6 Å². The van der Waals surface area contributed by atoms with Crippen LogP contribution in [0.1, 0.15) is 12.8 Å². The minimum atomic E-state index is 0.602. The van der Waals surface area contributed by atoms with E-state index in [1.165, 1.54) is 18.2 Å². The average Bonchev–Trinajstić information content (AvgIpc) is 2.94. The van der Waals surface area contributed by atoms with E-state index in [0.717, 1.165) is 23.7 Å². The van der Waals surface area contributed by atoms with Gasteiger partial charge in [-0.25, -0.2) is 4.98 Å². The van der Waals surface area contributed by atoms with E-state index in [-0.39, 0.29) is 0 Å². The summed E-state index contributed by atoms with van der Waals surface area (Å²) in [5, 5.41) is 6.34. The molecule has 1 aliphatic rings. The van der Waals surface area contributed by atoms with Crippen molar-refractivity contribution in [1.82, 2.24) is 14.9 Å². The first-order valence-electron chi connectivity index (χ1n) is 7.03. The molecular weight excluding hydrogens is 270 g/mol. The number of hydrogen-bond acceptors (Lipinski definition) is 6. The Balaban J connectivity index is 1.98. The Morgan fingerprint density at radius 3 is 3.00 bits per heavy atom. The van der Waals surface area contributed by atoms with E-state index in [0.29, 0.717) is 12.0 Å². The van der Waals surface area contributed by atoms with E-state index < -0.39 is 0 Å². The fraction of sp³-hybridized carbons (Fsp3) is 0.571. The van der Waals surface area contributed by atoms with Gasteiger partial charge in [0.2, 0.25) is 5.95 Å². The molecule has 0 saturated carbocycles. The predicted molar refractivity (Wildman–Crippen MR) is 85.9 cm³/mol. The number of hydrogen-bond donors (Lipinski definition) is 1. The predicted octanol–water partition coefficient (Wildman–Crippen LogP) is 2.26. The van der Waals surface area contributed by atoms with Crippen LogP contribution in [0.15, 0.2) is 11.4 Å². The number of piperidine rings is 1. The van der Waals surface area contributed by atoms with Crippen LogP contribution in [0.5, 0.6) is 0 Å². The molecule has 0 radical (unpaired) electrons. The van der Waals surface area contributed by atoms with E-state index in [9.17, 15) is 0 Å². The molecule has 0 spiro atoms. The summed E-state index contributed by atoms with van der Waals surface area (Å²) in [6, 6.07) is 2.74. The molecule has 0 aromatic carbocycles. The van der Waals surface area contributed by atoms with Crippen LogP contribution in [0, 0.1) is 0 Å². The number of likely N-dealkylation sites (N-methyl/N-ethyl adjacent to an activating group) is 1. The zero-order valence-electron chi connectivity index (χ0n) is 12.3. The monoisotopic (exact) mass is 291 g/mol. The molecule has 1 saturated heterocycles. The van der Waals surface area contributed by atoms with Crippen LogP contribution in [0.2, 0.25) is 0 Å². The van der Waals surface area contributed by atoms with Gasteiger partial charge in [0, 0.05) is 26.2 Å². The van der Waals surface area contributed by atoms with E-state index in [1.54, 1.807) is 11.3 Å². The smallest absolute Gasteiger partial charge is 0.225 e. The summed E-state index contributed by atoms with van der Waals surface area (Å²) in [6.07, 6.45) is 2.48. The molecule has 1 unspecified atom stereocenters. The van der Waals surface area contributed by atoms with Gasteiger partial charge in [-0.05, 0) is 38.4 Å². The summed E-state index contributed by atoms with van der Waals surface area (Å²) >= 11 is 1.67. The highest BCUT2D eigenvalue weighted by molar-refractivity contribution is 7.16. The molecular formula is C14H21N5S. The molecule has 1 atom stereocenters. The minimum Gasteiger partial charge on any atom is -0.357 e. The molecule has 0 amide bonds. The van der Waals surface area contributed by atoms with Gasteiger partial charge in [-0.3, -0.25) is 0 Å². The van der Waals surface area contributed by atoms with Crippen LogP contribution in [0.25, 0.3) is 10.2 Å². The number of aromatic nitrogens is 2. The zero-order chi connectivity index (χ0) is 14.1. The Morgan fingerprint density at radius 1 is 1.40 bits per heavy atom. The van der Waals surface area contributed by atoms with Crippen molar-refractivity contribution in [2.75, 3.05) is 44.4 Å². The Labute approximate surface area is 123 Å². The third-order valence-corrected chi connectivity index (χ3v) is 4.76. The van der Waals surface area contributed by atoms with Gasteiger partial charge in [0.15, 0.2) is 0 Å². The second-order valence-corrected chi connectivity index (χ2v) is 6.36. The van der Waals surface area contributed by atoms with Gasteiger partial charge in [0.1, 0.15) is 10.6 Å². The van der Waals surface area contributed by atoms with Gasteiger partial charge >= 0.3 is 0 Å². The van der Waals surface area contributed by atoms with Crippen LogP contribution in [0.3, 0.4) is 0 Å². The van der Waals surface area contributed by atoms with Crippen molar-refractivity contribution in [3.63, 3.8) is 0 Å². The molecule has 20 heavy (non-hydrogen) atoms. The van der Waals surface area contributed by atoms with Crippen LogP contribution < -0.4 is 10.2 Å². The van der Waals surface area contributed by atoms with Crippen molar-refractivity contribution in [3.8, 4) is 0 Å². The quantitative estimate of drug-likeness (QED) is 0.940. The maximum atomic E-state index is 4.70. The van der Waals surface area contributed by atoms with Gasteiger partial charge < -0.3 is 15.1 Å². The number of nitrogens with zero attached hydrogens (tertiary/aromatic N) is 4. The molecule has 1 N–H and O–H groups in total. The van der Waals surface area contributed by atoms with Crippen LogP contribution in [-0.4, -0.2) is 55.1 Å². The van der Waals surface area contributed by atoms with Gasteiger partial charge in [-0.1, -0.05) is 0 Å². The first-order chi connectivity index (χ1) is 9.69. The first kappa shape index (κ1) is 13.6. The fourth-order valence-electron chi connectivity index (χ4n) is 2.76. The third-order valence-electron chi connectivity index (χ3n) is 3.95. The van der Waals surface area contributed by atoms with Gasteiger partial charge in [0.25, 0.3) is 0 Å². The minimum absolute atomic E-state index is 0.602. The highest BCUT2D eigenvalue weighted by atomic mass is 32.1. The maximum Gasteiger partial charge on any atom is 0.225 e. The van der Waals surface area contributed by atoms with Gasteiger partial charge in [-0.15, -0.1) is 11.3 Å². The van der Waals surface area contributed by atoms with Crippen molar-refractivity contribution in [3.05, 3.63) is 11.4 Å². The van der Waals surface area contributed by atoms with Crippen LogP contribution >= 0.6 is 11.3 Å². The molecule has 1 fully saturated rings. The van der Waals surface area contributed by atoms with E-state index >= 15 is 0 Å². The van der Waals surface area contributed by atoms with E-state index in [4.69, 9.17) is 4.98 Å². The summed E-state index contributed by atoms with van der Waals surface area (Å²) < 4.78 is 0. The number of thiophene rings is 1. The van der Waals surface area contributed by atoms with Crippen molar-refractivity contribution in [1.29, 1.82) is 0 Å². The Bertz CT molecular complexity index is 594. The highest BCUT2D eigenvalue weighted by Crippen LogP contribution is 2.31. The van der Waals surface area contributed by atoms with E-state index in [1.807, 2.05) is 7.05 Å². The molecule has 5 nitrogen and oxygen atoms in total. The molecule has 0 bridgehead atoms. The molecule has 3 heterocycles. The summed E-state index contributed by atoms with van der Waals surface area (Å²) in [7, 11) is 6.19. The van der Waals surface area contributed by atoms with Crippen molar-refractivity contribution in [2.24, 2.45) is 0 Å². The SMILES string of the molecule is CNc1nc(N2CCCC(N(C)C)C2)c2ccsc2n1. The summed E-state index contributed by atoms with van der Waals surface area (Å²) in [5.74, 6) is 1.79. The summed E-state index contributed by atoms with van der Waals surface area (Å²) in [6.45, 7) is 2.12. The average molecular weight is 291 g/mol. The Morgan fingerprint density at radius 2 is 2.25 bits per heavy atom. The summed E-state index contributed by atoms with van der Waals surface area (Å²) in [4.78, 5) is 15.0. The number of nitrogens with one attached hydrogen (secondary N) is 1. The lowest BCUT2D eigenvalue weighted by atomic mass is 10.0. The van der Waals surface area contributed by atoms with Crippen LogP contribution in [-0.2, 0) is 0 Å². The molecule has 1 aliphatic heterocycles. The first-order valence-corrected chi connectivity index (χ1v) is 7.91. The number of rotatable bonds is 3. The number of fused-ring (bicyclic) bond motifs is 1. The molecule has 0 aliphatic carbocycles. The normalized spacial score (nSPS) is 19.8. The zero-order valence-corrected chi connectivity index (χ0v) is 13.1. The molecule has 2 aromatic rings.